The molecule has 1 N–H and O–H groups in total. The van der Waals surface area contributed by atoms with Crippen LogP contribution in [0.3, 0.4) is 0 Å². The van der Waals surface area contributed by atoms with Crippen LogP contribution in [-0.2, 0) is 14.8 Å². The molecule has 0 bridgehead atoms. The Kier molecular flexibility index (Phi) is 5.42. The van der Waals surface area contributed by atoms with Gasteiger partial charge in [0, 0.05) is 27.5 Å². The number of rotatable bonds is 6. The smallest absolute Gasteiger partial charge is 0.310 e. The Hall–Kier alpha value is -3.01. The highest BCUT2D eigenvalue weighted by atomic mass is 35.5. The van der Waals surface area contributed by atoms with Gasteiger partial charge in [0.25, 0.3) is 10.0 Å². The minimum atomic E-state index is -4.25. The molecule has 0 fully saturated rings. The van der Waals surface area contributed by atoms with Crippen LogP contribution in [0.25, 0.3) is 10.9 Å². The van der Waals surface area contributed by atoms with Crippen LogP contribution in [-0.4, -0.2) is 34.2 Å². The number of aliphatic carboxylic acids is 1. The van der Waals surface area contributed by atoms with Crippen molar-refractivity contribution in [2.24, 2.45) is 0 Å². The lowest BCUT2D eigenvalue weighted by molar-refractivity contribution is -0.138. The van der Waals surface area contributed by atoms with Gasteiger partial charge in [0.15, 0.2) is 5.01 Å². The number of benzene rings is 2. The van der Waals surface area contributed by atoms with Crippen LogP contribution in [0.4, 0.5) is 0 Å². The number of carbonyl (C=O) groups excluding carboxylic acids is 1. The molecular weight excluding hydrogens is 460 g/mol. The number of ketones is 1. The number of thiazole rings is 1. The normalized spacial score (nSPS) is 12.7. The van der Waals surface area contributed by atoms with Crippen molar-refractivity contribution in [1.29, 1.82) is 0 Å². The van der Waals surface area contributed by atoms with Crippen LogP contribution in [0, 0.1) is 0 Å². The Morgan fingerprint density at radius 3 is 2.48 bits per heavy atom. The van der Waals surface area contributed by atoms with E-state index >= 15 is 0 Å². The van der Waals surface area contributed by atoms with Gasteiger partial charge in [-0.3, -0.25) is 9.59 Å². The van der Waals surface area contributed by atoms with Crippen molar-refractivity contribution >= 4 is 55.6 Å². The largest absolute Gasteiger partial charge is 0.481 e. The van der Waals surface area contributed by atoms with E-state index in [1.807, 2.05) is 0 Å². The zero-order valence-electron chi connectivity index (χ0n) is 16.0. The van der Waals surface area contributed by atoms with Crippen LogP contribution in [0.1, 0.15) is 33.9 Å². The third kappa shape index (κ3) is 3.54. The van der Waals surface area contributed by atoms with E-state index in [2.05, 4.69) is 4.98 Å². The molecule has 7 nitrogen and oxygen atoms in total. The summed E-state index contributed by atoms with van der Waals surface area (Å²) in [5.41, 5.74) is -0.0214. The molecule has 0 saturated heterocycles. The number of fused-ring (bicyclic) bond motifs is 1. The Bertz CT molecular complexity index is 1410. The maximum atomic E-state index is 13.6. The second-order valence-corrected chi connectivity index (χ2v) is 9.85. The summed E-state index contributed by atoms with van der Waals surface area (Å²) in [5.74, 6) is -3.05. The Balaban J connectivity index is 2.18. The van der Waals surface area contributed by atoms with Gasteiger partial charge in [-0.15, -0.1) is 11.3 Å². The number of hydrogen-bond acceptors (Lipinski definition) is 6. The predicted octanol–water partition coefficient (Wildman–Crippen LogP) is 4.41. The quantitative estimate of drug-likeness (QED) is 0.415. The van der Waals surface area contributed by atoms with Crippen molar-refractivity contribution in [1.82, 2.24) is 8.96 Å². The monoisotopic (exact) mass is 474 g/mol. The molecule has 4 aromatic rings. The minimum Gasteiger partial charge on any atom is -0.481 e. The summed E-state index contributed by atoms with van der Waals surface area (Å²) < 4.78 is 28.2. The van der Waals surface area contributed by atoms with E-state index in [-0.39, 0.29) is 37.1 Å². The number of aromatic nitrogens is 2. The third-order valence-electron chi connectivity index (χ3n) is 4.85. The lowest BCUT2D eigenvalue weighted by Gasteiger charge is -2.13. The van der Waals surface area contributed by atoms with Crippen LogP contribution >= 0.6 is 22.9 Å². The molecular formula is C21H15ClN2O5S2. The minimum absolute atomic E-state index is 0.0374. The fourth-order valence-corrected chi connectivity index (χ4v) is 5.72. The van der Waals surface area contributed by atoms with Gasteiger partial charge < -0.3 is 5.11 Å². The number of hydrogen-bond donors (Lipinski definition) is 1. The highest BCUT2D eigenvalue weighted by Gasteiger charge is 2.35. The van der Waals surface area contributed by atoms with Crippen LogP contribution < -0.4 is 0 Å². The van der Waals surface area contributed by atoms with Crippen LogP contribution in [0.5, 0.6) is 0 Å². The van der Waals surface area contributed by atoms with Gasteiger partial charge in [-0.1, -0.05) is 29.8 Å². The first kappa shape index (κ1) is 21.2. The summed E-state index contributed by atoms with van der Waals surface area (Å²) >= 11 is 7.19. The molecule has 10 heteroatoms. The Morgan fingerprint density at radius 2 is 1.87 bits per heavy atom. The summed E-state index contributed by atoms with van der Waals surface area (Å²) in [7, 11) is -4.25. The third-order valence-corrected chi connectivity index (χ3v) is 7.59. The Labute approximate surface area is 186 Å². The average Bonchev–Trinajstić information content (AvgIpc) is 3.39. The molecule has 2 aromatic heterocycles. The summed E-state index contributed by atoms with van der Waals surface area (Å²) in [6, 6.07) is 12.1. The van der Waals surface area contributed by atoms with Gasteiger partial charge in [0.1, 0.15) is 5.69 Å². The second-order valence-electron chi connectivity index (χ2n) is 6.73. The fraction of sp³-hybridized carbons (Fsp3) is 0.0952. The van der Waals surface area contributed by atoms with E-state index in [4.69, 9.17) is 11.6 Å². The van der Waals surface area contributed by atoms with Crippen LogP contribution in [0.2, 0.25) is 5.02 Å². The van der Waals surface area contributed by atoms with Gasteiger partial charge in [-0.25, -0.2) is 17.4 Å². The maximum Gasteiger partial charge on any atom is 0.310 e. The Morgan fingerprint density at radius 1 is 1.16 bits per heavy atom. The van der Waals surface area contributed by atoms with Crippen LogP contribution in [0.15, 0.2) is 65.0 Å². The first-order valence-electron chi connectivity index (χ1n) is 9.05. The van der Waals surface area contributed by atoms with E-state index in [0.717, 1.165) is 15.3 Å². The SMILES string of the molecule is CC(C(=O)O)c1c(C(=O)c2nccs2)n(S(=O)(=O)c2ccccc2)c2ccc(Cl)cc12. The predicted molar refractivity (Wildman–Crippen MR) is 118 cm³/mol. The molecule has 4 rings (SSSR count). The standard InChI is InChI=1S/C21H15ClN2O5S2/c1-12(21(26)27)17-15-11-13(22)7-8-16(15)24(18(17)19(25)20-23-9-10-30-20)31(28,29)14-5-3-2-4-6-14/h2-12H,1H3,(H,26,27). The summed E-state index contributed by atoms with van der Waals surface area (Å²) in [6.07, 6.45) is 1.42. The van der Waals surface area contributed by atoms with Crippen molar-refractivity contribution in [3.8, 4) is 0 Å². The highest BCUT2D eigenvalue weighted by Crippen LogP contribution is 2.37. The zero-order chi connectivity index (χ0) is 22.3. The van der Waals surface area contributed by atoms with E-state index in [0.29, 0.717) is 0 Å². The van der Waals surface area contributed by atoms with Crippen molar-refractivity contribution in [2.75, 3.05) is 0 Å². The summed E-state index contributed by atoms with van der Waals surface area (Å²) in [4.78, 5) is 29.3. The maximum absolute atomic E-state index is 13.6. The van der Waals surface area contributed by atoms with E-state index in [1.165, 1.54) is 43.5 Å². The molecule has 0 aliphatic heterocycles. The van der Waals surface area contributed by atoms with Gasteiger partial charge in [0.2, 0.25) is 5.78 Å². The number of carboxylic acids is 1. The molecule has 2 aromatic carbocycles. The molecule has 0 saturated carbocycles. The topological polar surface area (TPSA) is 106 Å². The van der Waals surface area contributed by atoms with E-state index in [9.17, 15) is 23.1 Å². The fourth-order valence-electron chi connectivity index (χ4n) is 3.42. The van der Waals surface area contributed by atoms with E-state index in [1.54, 1.807) is 23.6 Å². The molecule has 31 heavy (non-hydrogen) atoms. The molecule has 0 amide bonds. The molecule has 0 spiro atoms. The number of nitrogens with zero attached hydrogens (tertiary/aromatic N) is 2. The van der Waals surface area contributed by atoms with Gasteiger partial charge in [0.05, 0.1) is 16.3 Å². The number of carbonyl (C=O) groups is 2. The lowest BCUT2D eigenvalue weighted by atomic mass is 9.96. The number of halogens is 1. The molecule has 0 aliphatic rings. The highest BCUT2D eigenvalue weighted by molar-refractivity contribution is 7.90. The van der Waals surface area contributed by atoms with Crippen molar-refractivity contribution < 1.29 is 23.1 Å². The van der Waals surface area contributed by atoms with Crippen molar-refractivity contribution in [2.45, 2.75) is 17.7 Å². The first-order chi connectivity index (χ1) is 14.7. The van der Waals surface area contributed by atoms with Gasteiger partial charge in [-0.2, -0.15) is 0 Å². The van der Waals surface area contributed by atoms with E-state index < -0.39 is 27.7 Å². The second kappa shape index (κ2) is 7.92. The molecule has 2 heterocycles. The van der Waals surface area contributed by atoms with Gasteiger partial charge in [-0.05, 0) is 37.3 Å². The first-order valence-corrected chi connectivity index (χ1v) is 11.7. The molecule has 1 atom stereocenters. The molecule has 0 radical (unpaired) electrons. The van der Waals surface area contributed by atoms with Gasteiger partial charge >= 0.3 is 5.97 Å². The molecule has 1 unspecified atom stereocenters. The zero-order valence-corrected chi connectivity index (χ0v) is 18.4. The lowest BCUT2D eigenvalue weighted by Crippen LogP contribution is -2.21. The average molecular weight is 475 g/mol. The summed E-state index contributed by atoms with van der Waals surface area (Å²) in [6.45, 7) is 1.40. The molecule has 158 valence electrons. The van der Waals surface area contributed by atoms with Crippen molar-refractivity contribution in [3.63, 3.8) is 0 Å². The molecule has 0 aliphatic carbocycles. The van der Waals surface area contributed by atoms with Crippen molar-refractivity contribution in [3.05, 3.63) is 81.4 Å². The summed E-state index contributed by atoms with van der Waals surface area (Å²) in [5, 5.41) is 11.9. The number of carboxylic acid groups (broad SMARTS) is 1.